The third-order valence-corrected chi connectivity index (χ3v) is 3.73. The molecule has 3 unspecified atom stereocenters. The lowest BCUT2D eigenvalue weighted by atomic mass is 10.1. The number of amides is 1. The SMILES string of the molecule is CC(O)CCN(C)C(=O)C1CC1c1ccc(F)cc1F. The van der Waals surface area contributed by atoms with E-state index in [-0.39, 0.29) is 17.7 Å². The molecule has 0 heterocycles. The number of carbonyl (C=O) groups is 1. The van der Waals surface area contributed by atoms with E-state index in [9.17, 15) is 18.7 Å². The highest BCUT2D eigenvalue weighted by atomic mass is 19.1. The molecule has 0 bridgehead atoms. The average molecular weight is 283 g/mol. The van der Waals surface area contributed by atoms with Crippen LogP contribution in [0, 0.1) is 17.6 Å². The molecule has 1 amide bonds. The maximum atomic E-state index is 13.6. The molecule has 20 heavy (non-hydrogen) atoms. The minimum Gasteiger partial charge on any atom is -0.393 e. The van der Waals surface area contributed by atoms with Gasteiger partial charge in [0.2, 0.25) is 5.91 Å². The van der Waals surface area contributed by atoms with Crippen LogP contribution in [0.15, 0.2) is 18.2 Å². The molecule has 2 rings (SSSR count). The molecule has 0 aliphatic heterocycles. The van der Waals surface area contributed by atoms with Crippen LogP contribution in [0.1, 0.15) is 31.2 Å². The Morgan fingerprint density at radius 3 is 2.80 bits per heavy atom. The minimum atomic E-state index is -0.608. The molecule has 1 aliphatic carbocycles. The van der Waals surface area contributed by atoms with Gasteiger partial charge >= 0.3 is 0 Å². The maximum Gasteiger partial charge on any atom is 0.226 e. The van der Waals surface area contributed by atoms with Gasteiger partial charge in [-0.15, -0.1) is 0 Å². The van der Waals surface area contributed by atoms with Crippen molar-refractivity contribution >= 4 is 5.91 Å². The number of hydrogen-bond acceptors (Lipinski definition) is 2. The van der Waals surface area contributed by atoms with E-state index in [2.05, 4.69) is 0 Å². The summed E-state index contributed by atoms with van der Waals surface area (Å²) in [5, 5.41) is 9.21. The predicted octanol–water partition coefficient (Wildman–Crippen LogP) is 2.30. The third kappa shape index (κ3) is 3.33. The number of rotatable bonds is 5. The fourth-order valence-corrected chi connectivity index (χ4v) is 2.39. The molecule has 3 atom stereocenters. The molecule has 110 valence electrons. The molecular formula is C15H19F2NO2. The summed E-state index contributed by atoms with van der Waals surface area (Å²) < 4.78 is 26.5. The van der Waals surface area contributed by atoms with Crippen molar-refractivity contribution < 1.29 is 18.7 Å². The second-order valence-electron chi connectivity index (χ2n) is 5.51. The predicted molar refractivity (Wildman–Crippen MR) is 71.1 cm³/mol. The molecule has 1 aromatic rings. The molecule has 1 N–H and O–H groups in total. The van der Waals surface area contributed by atoms with Crippen LogP contribution in [-0.2, 0) is 4.79 Å². The van der Waals surface area contributed by atoms with Gasteiger partial charge in [-0.1, -0.05) is 6.07 Å². The highest BCUT2D eigenvalue weighted by molar-refractivity contribution is 5.82. The molecule has 0 radical (unpaired) electrons. The van der Waals surface area contributed by atoms with Crippen molar-refractivity contribution in [2.45, 2.75) is 31.8 Å². The van der Waals surface area contributed by atoms with Crippen molar-refractivity contribution in [2.75, 3.05) is 13.6 Å². The summed E-state index contributed by atoms with van der Waals surface area (Å²) in [6, 6.07) is 3.49. The highest BCUT2D eigenvalue weighted by Crippen LogP contribution is 2.49. The molecule has 1 aliphatic rings. The number of aliphatic hydroxyl groups is 1. The van der Waals surface area contributed by atoms with Gasteiger partial charge in [-0.2, -0.15) is 0 Å². The van der Waals surface area contributed by atoms with Gasteiger partial charge in [0.1, 0.15) is 11.6 Å². The van der Waals surface area contributed by atoms with Crippen LogP contribution in [0.3, 0.4) is 0 Å². The monoisotopic (exact) mass is 283 g/mol. The Labute approximate surface area is 117 Å². The number of nitrogens with zero attached hydrogens (tertiary/aromatic N) is 1. The van der Waals surface area contributed by atoms with Crippen LogP contribution < -0.4 is 0 Å². The van der Waals surface area contributed by atoms with Crippen molar-refractivity contribution in [3.63, 3.8) is 0 Å². The number of aliphatic hydroxyl groups excluding tert-OH is 1. The molecular weight excluding hydrogens is 264 g/mol. The maximum absolute atomic E-state index is 13.6. The van der Waals surface area contributed by atoms with Crippen LogP contribution in [0.4, 0.5) is 8.78 Å². The number of carbonyl (C=O) groups excluding carboxylic acids is 1. The Balaban J connectivity index is 1.95. The molecule has 0 spiro atoms. The zero-order chi connectivity index (χ0) is 14.9. The van der Waals surface area contributed by atoms with Crippen LogP contribution in [-0.4, -0.2) is 35.6 Å². The Bertz CT molecular complexity index is 505. The normalized spacial score (nSPS) is 22.4. The smallest absolute Gasteiger partial charge is 0.226 e. The quantitative estimate of drug-likeness (QED) is 0.900. The van der Waals surface area contributed by atoms with E-state index in [1.54, 1.807) is 18.9 Å². The van der Waals surface area contributed by atoms with Crippen molar-refractivity contribution in [1.82, 2.24) is 4.90 Å². The lowest BCUT2D eigenvalue weighted by Crippen LogP contribution is -2.31. The van der Waals surface area contributed by atoms with Crippen molar-refractivity contribution in [3.05, 3.63) is 35.4 Å². The highest BCUT2D eigenvalue weighted by Gasteiger charge is 2.46. The summed E-state index contributed by atoms with van der Waals surface area (Å²) in [6.07, 6.45) is 0.667. The summed E-state index contributed by atoms with van der Waals surface area (Å²) in [7, 11) is 1.68. The van der Waals surface area contributed by atoms with Gasteiger partial charge in [-0.05, 0) is 37.3 Å². The fraction of sp³-hybridized carbons (Fsp3) is 0.533. The molecule has 3 nitrogen and oxygen atoms in total. The van der Waals surface area contributed by atoms with Crippen LogP contribution in [0.5, 0.6) is 0 Å². The summed E-state index contributed by atoms with van der Waals surface area (Å²) in [4.78, 5) is 13.7. The number of hydrogen-bond donors (Lipinski definition) is 1. The Morgan fingerprint density at radius 1 is 1.50 bits per heavy atom. The van der Waals surface area contributed by atoms with E-state index in [0.29, 0.717) is 24.9 Å². The van der Waals surface area contributed by atoms with Crippen molar-refractivity contribution in [3.8, 4) is 0 Å². The largest absolute Gasteiger partial charge is 0.393 e. The lowest BCUT2D eigenvalue weighted by molar-refractivity contribution is -0.131. The summed E-state index contributed by atoms with van der Waals surface area (Å²) in [6.45, 7) is 2.15. The topological polar surface area (TPSA) is 40.5 Å². The standard InChI is InChI=1S/C15H19F2NO2/c1-9(19)5-6-18(2)15(20)13-8-12(13)11-4-3-10(16)7-14(11)17/h3-4,7,9,12-13,19H,5-6,8H2,1-2H3. The number of halogens is 2. The molecule has 0 saturated heterocycles. The van der Waals surface area contributed by atoms with Gasteiger partial charge in [0.25, 0.3) is 0 Å². The fourth-order valence-electron chi connectivity index (χ4n) is 2.39. The minimum absolute atomic E-state index is 0.0422. The molecule has 1 fully saturated rings. The average Bonchev–Trinajstić information content (AvgIpc) is 3.15. The first-order valence-electron chi connectivity index (χ1n) is 6.78. The van der Waals surface area contributed by atoms with E-state index in [1.807, 2.05) is 0 Å². The summed E-state index contributed by atoms with van der Waals surface area (Å²) in [5.74, 6) is -1.62. The molecule has 1 saturated carbocycles. The Morgan fingerprint density at radius 2 is 2.20 bits per heavy atom. The Kier molecular flexibility index (Phi) is 4.38. The van der Waals surface area contributed by atoms with Gasteiger partial charge in [0, 0.05) is 25.6 Å². The van der Waals surface area contributed by atoms with Crippen LogP contribution in [0.25, 0.3) is 0 Å². The molecule has 1 aromatic carbocycles. The van der Waals surface area contributed by atoms with E-state index in [4.69, 9.17) is 0 Å². The zero-order valence-electron chi connectivity index (χ0n) is 11.6. The van der Waals surface area contributed by atoms with E-state index >= 15 is 0 Å². The first-order valence-corrected chi connectivity index (χ1v) is 6.78. The second-order valence-corrected chi connectivity index (χ2v) is 5.51. The van der Waals surface area contributed by atoms with Gasteiger partial charge in [-0.3, -0.25) is 4.79 Å². The first-order chi connectivity index (χ1) is 9.40. The van der Waals surface area contributed by atoms with E-state index in [1.165, 1.54) is 12.1 Å². The van der Waals surface area contributed by atoms with Gasteiger partial charge in [-0.25, -0.2) is 8.78 Å². The van der Waals surface area contributed by atoms with Gasteiger partial charge in [0.05, 0.1) is 6.10 Å². The third-order valence-electron chi connectivity index (χ3n) is 3.73. The van der Waals surface area contributed by atoms with E-state index < -0.39 is 17.7 Å². The molecule has 5 heteroatoms. The summed E-state index contributed by atoms with van der Waals surface area (Å²) >= 11 is 0. The lowest BCUT2D eigenvalue weighted by Gasteiger charge is -2.18. The van der Waals surface area contributed by atoms with Gasteiger partial charge < -0.3 is 10.0 Å². The zero-order valence-corrected chi connectivity index (χ0v) is 11.6. The first kappa shape index (κ1) is 14.9. The summed E-state index contributed by atoms with van der Waals surface area (Å²) in [5.41, 5.74) is 0.411. The van der Waals surface area contributed by atoms with Crippen LogP contribution in [0.2, 0.25) is 0 Å². The molecule has 0 aromatic heterocycles. The van der Waals surface area contributed by atoms with Crippen LogP contribution >= 0.6 is 0 Å². The van der Waals surface area contributed by atoms with Gasteiger partial charge in [0.15, 0.2) is 0 Å². The Hall–Kier alpha value is -1.49. The van der Waals surface area contributed by atoms with E-state index in [0.717, 1.165) is 6.07 Å². The van der Waals surface area contributed by atoms with Crippen molar-refractivity contribution in [1.29, 1.82) is 0 Å². The second kappa shape index (κ2) is 5.87. The van der Waals surface area contributed by atoms with Crippen molar-refractivity contribution in [2.24, 2.45) is 5.92 Å². The number of benzene rings is 1.